The number of aromatic nitrogens is 2. The number of aryl methyl sites for hydroxylation is 1. The largest absolute Gasteiger partial charge is 0.314 e. The molecule has 1 unspecified atom stereocenters. The lowest BCUT2D eigenvalue weighted by Crippen LogP contribution is -2.56. The van der Waals surface area contributed by atoms with Gasteiger partial charge in [-0.2, -0.15) is 0 Å². The van der Waals surface area contributed by atoms with Gasteiger partial charge in [0.25, 0.3) is 0 Å². The summed E-state index contributed by atoms with van der Waals surface area (Å²) in [5, 5.41) is 4.05. The Hall–Kier alpha value is -4.76. The first-order valence-electron chi connectivity index (χ1n) is 14.4. The minimum atomic E-state index is 0.317. The third kappa shape index (κ3) is 2.43. The molecule has 2 nitrogen and oxygen atoms in total. The van der Waals surface area contributed by atoms with Gasteiger partial charge in [-0.1, -0.05) is 96.6 Å². The van der Waals surface area contributed by atoms with E-state index in [9.17, 15) is 0 Å². The lowest BCUT2D eigenvalue weighted by atomic mass is 9.29. The van der Waals surface area contributed by atoms with Gasteiger partial charge in [0.05, 0.1) is 11.0 Å². The fraction of sp³-hybridized carbons (Fsp3) is 0.0811. The molecular weight excluding hydrogens is 483 g/mol. The highest BCUT2D eigenvalue weighted by Crippen LogP contribution is 2.46. The first-order chi connectivity index (χ1) is 19.8. The maximum absolute atomic E-state index is 2.62. The van der Waals surface area contributed by atoms with E-state index >= 15 is 0 Å². The molecule has 0 N–H and O–H groups in total. The van der Waals surface area contributed by atoms with Gasteiger partial charge < -0.3 is 9.13 Å². The summed E-state index contributed by atoms with van der Waals surface area (Å²) in [7, 11) is 0. The van der Waals surface area contributed by atoms with E-state index < -0.39 is 0 Å². The summed E-state index contributed by atoms with van der Waals surface area (Å²) < 4.78 is 5.19. The molecule has 0 saturated carbocycles. The van der Waals surface area contributed by atoms with Crippen LogP contribution in [-0.2, 0) is 0 Å². The van der Waals surface area contributed by atoms with E-state index in [1.54, 1.807) is 0 Å². The Kier molecular flexibility index (Phi) is 3.83. The Balaban J connectivity index is 1.45. The van der Waals surface area contributed by atoms with Gasteiger partial charge in [0.2, 0.25) is 6.71 Å². The number of rotatable bonds is 1. The van der Waals surface area contributed by atoms with Crippen LogP contribution >= 0.6 is 0 Å². The lowest BCUT2D eigenvalue weighted by molar-refractivity contribution is 0.831. The molecule has 0 radical (unpaired) electrons. The molecule has 0 saturated heterocycles. The highest BCUT2D eigenvalue weighted by atomic mass is 15.0. The Morgan fingerprint density at radius 1 is 0.675 bits per heavy atom. The molecule has 1 aliphatic carbocycles. The highest BCUT2D eigenvalue weighted by Gasteiger charge is 2.46. The van der Waals surface area contributed by atoms with E-state index in [0.717, 1.165) is 6.42 Å². The zero-order valence-corrected chi connectivity index (χ0v) is 22.2. The van der Waals surface area contributed by atoms with Crippen LogP contribution in [0.4, 0.5) is 0 Å². The van der Waals surface area contributed by atoms with E-state index in [0.29, 0.717) is 12.5 Å². The smallest absolute Gasteiger partial charge is 0.226 e. The summed E-state index contributed by atoms with van der Waals surface area (Å²) in [5.74, 6) is 0.404. The van der Waals surface area contributed by atoms with Crippen LogP contribution in [0, 0.1) is 6.92 Å². The zero-order chi connectivity index (χ0) is 26.1. The molecule has 40 heavy (non-hydrogen) atoms. The van der Waals surface area contributed by atoms with Crippen molar-refractivity contribution in [3.8, 4) is 22.5 Å². The molecule has 3 heteroatoms. The Morgan fingerprint density at radius 3 is 2.25 bits per heavy atom. The van der Waals surface area contributed by atoms with Crippen molar-refractivity contribution in [3.63, 3.8) is 0 Å². The van der Waals surface area contributed by atoms with Gasteiger partial charge in [-0.15, -0.1) is 0 Å². The zero-order valence-electron chi connectivity index (χ0n) is 22.2. The number of hydrogen-bond acceptors (Lipinski definition) is 0. The van der Waals surface area contributed by atoms with Gasteiger partial charge in [0, 0.05) is 44.3 Å². The van der Waals surface area contributed by atoms with Crippen molar-refractivity contribution in [2.45, 2.75) is 19.2 Å². The van der Waals surface area contributed by atoms with Crippen molar-refractivity contribution in [2.24, 2.45) is 0 Å². The van der Waals surface area contributed by atoms with Crippen molar-refractivity contribution in [1.29, 1.82) is 0 Å². The highest BCUT2D eigenvalue weighted by molar-refractivity contribution is 6.90. The van der Waals surface area contributed by atoms with E-state index in [1.165, 1.54) is 83.0 Å². The molecule has 5 aromatic carbocycles. The Bertz CT molecular complexity index is 2280. The quantitative estimate of drug-likeness (QED) is 0.201. The van der Waals surface area contributed by atoms with E-state index in [4.69, 9.17) is 0 Å². The van der Waals surface area contributed by atoms with E-state index in [2.05, 4.69) is 131 Å². The molecule has 0 spiro atoms. The monoisotopic (exact) mass is 508 g/mol. The summed E-state index contributed by atoms with van der Waals surface area (Å²) in [4.78, 5) is 0. The number of nitrogens with zero attached hydrogens (tertiary/aromatic N) is 2. The molecule has 186 valence electrons. The number of fused-ring (bicyclic) bond motifs is 10. The van der Waals surface area contributed by atoms with Gasteiger partial charge in [-0.25, -0.2) is 0 Å². The summed E-state index contributed by atoms with van der Waals surface area (Å²) in [5.41, 5.74) is 16.3. The van der Waals surface area contributed by atoms with Crippen molar-refractivity contribution < 1.29 is 0 Å². The molecular formula is C37H25BN2. The third-order valence-electron chi connectivity index (χ3n) is 9.72. The van der Waals surface area contributed by atoms with Crippen molar-refractivity contribution in [2.75, 3.05) is 0 Å². The van der Waals surface area contributed by atoms with Crippen LogP contribution in [0.25, 0.3) is 61.3 Å². The van der Waals surface area contributed by atoms with Crippen LogP contribution in [0.5, 0.6) is 0 Å². The Labute approximate surface area is 232 Å². The van der Waals surface area contributed by atoms with Crippen molar-refractivity contribution in [3.05, 3.63) is 126 Å². The second-order valence-corrected chi connectivity index (χ2v) is 11.8. The average Bonchev–Trinajstić information content (AvgIpc) is 3.52. The van der Waals surface area contributed by atoms with Crippen LogP contribution in [0.2, 0.25) is 0 Å². The third-order valence-corrected chi connectivity index (χ3v) is 9.72. The van der Waals surface area contributed by atoms with Crippen molar-refractivity contribution >= 4 is 56.4 Å². The standard InChI is InChI=1S/C37H25BN2/c1-22-9-6-10-23(19-22)24-20-33-35-34(21-24)40-32-18-5-3-12-26(32)28-14-8-16-30(37(28)40)38(35)29-15-7-13-27-25-11-2-4-17-31(25)39(33)36(27)29/h2-15,17-21,30H,16H2,1H3. The van der Waals surface area contributed by atoms with Crippen LogP contribution in [0.15, 0.2) is 109 Å². The van der Waals surface area contributed by atoms with Gasteiger partial charge >= 0.3 is 0 Å². The average molecular weight is 508 g/mol. The molecule has 0 bridgehead atoms. The molecule has 7 aromatic rings. The van der Waals surface area contributed by atoms with Crippen molar-refractivity contribution in [1.82, 2.24) is 9.13 Å². The maximum Gasteiger partial charge on any atom is 0.226 e. The second kappa shape index (κ2) is 7.25. The van der Waals surface area contributed by atoms with Crippen LogP contribution < -0.4 is 10.9 Å². The predicted molar refractivity (Wildman–Crippen MR) is 169 cm³/mol. The number of benzene rings is 5. The lowest BCUT2D eigenvalue weighted by Gasteiger charge is -2.39. The summed E-state index contributed by atoms with van der Waals surface area (Å²) >= 11 is 0. The minimum absolute atomic E-state index is 0.317. The fourth-order valence-corrected chi connectivity index (χ4v) is 8.25. The SMILES string of the molecule is Cc1cccc(-c2cc3c4c(c2)-n2c5ccccc5c5cccc(c52)B4C2CC=Cc4c2n-3c2ccccc42)c1. The number of hydrogen-bond donors (Lipinski definition) is 0. The van der Waals surface area contributed by atoms with Crippen LogP contribution in [0.3, 0.4) is 0 Å². The Morgan fingerprint density at radius 2 is 1.40 bits per heavy atom. The van der Waals surface area contributed by atoms with Gasteiger partial charge in [0.15, 0.2) is 0 Å². The molecule has 2 aromatic heterocycles. The molecule has 0 amide bonds. The van der Waals surface area contributed by atoms with E-state index in [1.807, 2.05) is 0 Å². The summed E-state index contributed by atoms with van der Waals surface area (Å²) in [6, 6.07) is 38.8. The van der Waals surface area contributed by atoms with E-state index in [-0.39, 0.29) is 0 Å². The molecule has 4 heterocycles. The molecule has 3 aliphatic rings. The number of allylic oxidation sites excluding steroid dienone is 1. The predicted octanol–water partition coefficient (Wildman–Crippen LogP) is 7.68. The molecule has 0 fully saturated rings. The molecule has 1 atom stereocenters. The summed E-state index contributed by atoms with van der Waals surface area (Å²) in [6.45, 7) is 2.51. The first-order valence-corrected chi connectivity index (χ1v) is 14.4. The molecule has 10 rings (SSSR count). The normalized spacial score (nSPS) is 16.1. The van der Waals surface area contributed by atoms with Gasteiger partial charge in [-0.05, 0) is 65.5 Å². The number of para-hydroxylation sites is 3. The van der Waals surface area contributed by atoms with Gasteiger partial charge in [-0.3, -0.25) is 0 Å². The van der Waals surface area contributed by atoms with Crippen LogP contribution in [0.1, 0.15) is 29.1 Å². The first kappa shape index (κ1) is 21.1. The maximum atomic E-state index is 2.62. The van der Waals surface area contributed by atoms with Gasteiger partial charge in [0.1, 0.15) is 0 Å². The fourth-order valence-electron chi connectivity index (χ4n) is 8.25. The second-order valence-electron chi connectivity index (χ2n) is 11.8. The summed E-state index contributed by atoms with van der Waals surface area (Å²) in [6.07, 6.45) is 5.85. The minimum Gasteiger partial charge on any atom is -0.314 e. The molecule has 2 aliphatic heterocycles. The van der Waals surface area contributed by atoms with Crippen LogP contribution in [-0.4, -0.2) is 15.8 Å². The topological polar surface area (TPSA) is 9.86 Å².